The molecular weight excluding hydrogens is 308 g/mol. The molecule has 6 heteroatoms. The highest BCUT2D eigenvalue weighted by Gasteiger charge is 2.18. The molecule has 1 atom stereocenters. The van der Waals surface area contributed by atoms with E-state index in [9.17, 15) is 9.59 Å². The van der Waals surface area contributed by atoms with E-state index in [2.05, 4.69) is 13.2 Å². The summed E-state index contributed by atoms with van der Waals surface area (Å²) >= 11 is 5.78. The van der Waals surface area contributed by atoms with E-state index in [1.165, 1.54) is 6.92 Å². The summed E-state index contributed by atoms with van der Waals surface area (Å²) in [6.45, 7) is 8.18. The molecule has 0 saturated carbocycles. The summed E-state index contributed by atoms with van der Waals surface area (Å²) in [6, 6.07) is 6.69. The summed E-state index contributed by atoms with van der Waals surface area (Å²) < 4.78 is 15.5. The Morgan fingerprint density at radius 2 is 1.91 bits per heavy atom. The molecule has 0 N–H and O–H groups in total. The molecule has 0 aliphatic heterocycles. The number of carbonyl (C=O) groups is 2. The minimum atomic E-state index is -0.760. The van der Waals surface area contributed by atoms with Crippen molar-refractivity contribution in [1.82, 2.24) is 0 Å². The van der Waals surface area contributed by atoms with Crippen molar-refractivity contribution in [2.24, 2.45) is 0 Å². The number of halogens is 1. The molecule has 0 saturated heterocycles. The number of hydrogen-bond acceptors (Lipinski definition) is 5. The monoisotopic (exact) mass is 324 g/mol. The normalized spacial score (nSPS) is 11.2. The van der Waals surface area contributed by atoms with Gasteiger partial charge in [0.15, 0.2) is 6.10 Å². The van der Waals surface area contributed by atoms with Crippen LogP contribution < -0.4 is 4.74 Å². The maximum absolute atomic E-state index is 11.6. The quantitative estimate of drug-likeness (QED) is 0.543. The van der Waals surface area contributed by atoms with E-state index in [1.54, 1.807) is 24.3 Å². The second-order valence-corrected chi connectivity index (χ2v) is 4.84. The Balaban J connectivity index is 2.61. The van der Waals surface area contributed by atoms with Crippen molar-refractivity contribution in [3.63, 3.8) is 0 Å². The molecule has 0 bridgehead atoms. The molecule has 0 amide bonds. The van der Waals surface area contributed by atoms with Crippen molar-refractivity contribution in [2.45, 2.75) is 13.0 Å². The lowest BCUT2D eigenvalue weighted by molar-refractivity contribution is -0.155. The third kappa shape index (κ3) is 6.45. The van der Waals surface area contributed by atoms with Gasteiger partial charge in [0.05, 0.1) is 0 Å². The highest BCUT2D eigenvalue weighted by molar-refractivity contribution is 6.30. The van der Waals surface area contributed by atoms with E-state index in [-0.39, 0.29) is 18.8 Å². The predicted octanol–water partition coefficient (Wildman–Crippen LogP) is 2.94. The molecule has 1 rings (SSSR count). The second kappa shape index (κ2) is 8.89. The lowest BCUT2D eigenvalue weighted by Gasteiger charge is -2.18. The van der Waals surface area contributed by atoms with Gasteiger partial charge in [-0.1, -0.05) is 24.8 Å². The Labute approximate surface area is 134 Å². The first-order chi connectivity index (χ1) is 10.4. The second-order valence-electron chi connectivity index (χ2n) is 4.41. The molecule has 0 spiro atoms. The van der Waals surface area contributed by atoms with Gasteiger partial charge in [-0.25, -0.2) is 9.59 Å². The van der Waals surface area contributed by atoms with Gasteiger partial charge in [0, 0.05) is 16.7 Å². The molecule has 1 aromatic rings. The van der Waals surface area contributed by atoms with Crippen LogP contribution >= 0.6 is 11.6 Å². The van der Waals surface area contributed by atoms with Crippen molar-refractivity contribution in [3.05, 3.63) is 54.1 Å². The number of carbonyl (C=O) groups excluding carboxylic acids is 2. The Kier molecular flexibility index (Phi) is 7.19. The minimum Gasteiger partial charge on any atom is -0.490 e. The Bertz CT molecular complexity index is 550. The smallest absolute Gasteiger partial charge is 0.333 e. The topological polar surface area (TPSA) is 61.8 Å². The summed E-state index contributed by atoms with van der Waals surface area (Å²) in [5.41, 5.74) is 0.242. The molecule has 0 aliphatic carbocycles. The maximum Gasteiger partial charge on any atom is 0.333 e. The molecule has 22 heavy (non-hydrogen) atoms. The molecular formula is C16H17ClO5. The van der Waals surface area contributed by atoms with Crippen molar-refractivity contribution >= 4 is 23.5 Å². The fraction of sp³-hybridized carbons (Fsp3) is 0.250. The van der Waals surface area contributed by atoms with Crippen LogP contribution in [-0.2, 0) is 19.1 Å². The SMILES string of the molecule is C=CC(=O)OCC(COc1ccc(Cl)cc1)OC(=O)C(=C)C. The summed E-state index contributed by atoms with van der Waals surface area (Å²) in [5.74, 6) is -0.641. The van der Waals surface area contributed by atoms with Crippen LogP contribution in [0.3, 0.4) is 0 Å². The first-order valence-electron chi connectivity index (χ1n) is 6.46. The number of ether oxygens (including phenoxy) is 3. The summed E-state index contributed by atoms with van der Waals surface area (Å²) in [7, 11) is 0. The van der Waals surface area contributed by atoms with E-state index < -0.39 is 18.0 Å². The average Bonchev–Trinajstić information content (AvgIpc) is 2.50. The maximum atomic E-state index is 11.6. The van der Waals surface area contributed by atoms with Gasteiger partial charge in [0.2, 0.25) is 0 Å². The first-order valence-corrected chi connectivity index (χ1v) is 6.84. The van der Waals surface area contributed by atoms with Crippen molar-refractivity contribution in [1.29, 1.82) is 0 Å². The third-order valence-electron chi connectivity index (χ3n) is 2.45. The van der Waals surface area contributed by atoms with Crippen LogP contribution in [-0.4, -0.2) is 31.3 Å². The average molecular weight is 325 g/mol. The van der Waals surface area contributed by atoms with Crippen LogP contribution in [0.1, 0.15) is 6.92 Å². The minimum absolute atomic E-state index is 0.0189. The molecule has 0 heterocycles. The van der Waals surface area contributed by atoms with Crippen molar-refractivity contribution in [2.75, 3.05) is 13.2 Å². The Morgan fingerprint density at radius 3 is 2.45 bits per heavy atom. The Hall–Kier alpha value is -2.27. The predicted molar refractivity (Wildman–Crippen MR) is 82.8 cm³/mol. The third-order valence-corrected chi connectivity index (χ3v) is 2.70. The van der Waals surface area contributed by atoms with Gasteiger partial charge in [0.25, 0.3) is 0 Å². The summed E-state index contributed by atoms with van der Waals surface area (Å²) in [4.78, 5) is 22.7. The van der Waals surface area contributed by atoms with Gasteiger partial charge < -0.3 is 14.2 Å². The van der Waals surface area contributed by atoms with Crippen molar-refractivity contribution < 1.29 is 23.8 Å². The lowest BCUT2D eigenvalue weighted by atomic mass is 10.3. The van der Waals surface area contributed by atoms with Gasteiger partial charge >= 0.3 is 11.9 Å². The zero-order valence-corrected chi connectivity index (χ0v) is 13.0. The standard InChI is InChI=1S/C16H17ClO5/c1-4-15(18)21-10-14(22-16(19)11(2)3)9-20-13-7-5-12(17)6-8-13/h4-8,14H,1-2,9-10H2,3H3. The van der Waals surface area contributed by atoms with E-state index in [0.717, 1.165) is 6.08 Å². The van der Waals surface area contributed by atoms with Crippen LogP contribution in [0.2, 0.25) is 5.02 Å². The molecule has 0 radical (unpaired) electrons. The van der Waals surface area contributed by atoms with Crippen LogP contribution in [0.4, 0.5) is 0 Å². The number of esters is 2. The van der Waals surface area contributed by atoms with E-state index >= 15 is 0 Å². The van der Waals surface area contributed by atoms with Gasteiger partial charge in [-0.15, -0.1) is 0 Å². The number of hydrogen-bond donors (Lipinski definition) is 0. The van der Waals surface area contributed by atoms with E-state index in [4.69, 9.17) is 25.8 Å². The van der Waals surface area contributed by atoms with Crippen molar-refractivity contribution in [3.8, 4) is 5.75 Å². The largest absolute Gasteiger partial charge is 0.490 e. The van der Waals surface area contributed by atoms with Crippen LogP contribution in [0.15, 0.2) is 49.1 Å². The molecule has 118 valence electrons. The van der Waals surface area contributed by atoms with Crippen LogP contribution in [0.25, 0.3) is 0 Å². The van der Waals surface area contributed by atoms with Gasteiger partial charge in [-0.05, 0) is 31.2 Å². The van der Waals surface area contributed by atoms with Gasteiger partial charge in [-0.2, -0.15) is 0 Å². The first kappa shape index (κ1) is 17.8. The number of benzene rings is 1. The molecule has 1 unspecified atom stereocenters. The Morgan fingerprint density at radius 1 is 1.27 bits per heavy atom. The zero-order chi connectivity index (χ0) is 16.5. The van der Waals surface area contributed by atoms with Crippen LogP contribution in [0.5, 0.6) is 5.75 Å². The summed E-state index contributed by atoms with van der Waals surface area (Å²) in [6.07, 6.45) is 0.265. The van der Waals surface area contributed by atoms with Crippen LogP contribution in [0, 0.1) is 0 Å². The van der Waals surface area contributed by atoms with E-state index in [1.807, 2.05) is 0 Å². The lowest BCUT2D eigenvalue weighted by Crippen LogP contribution is -2.31. The zero-order valence-electron chi connectivity index (χ0n) is 12.2. The molecule has 0 fully saturated rings. The molecule has 5 nitrogen and oxygen atoms in total. The summed E-state index contributed by atoms with van der Waals surface area (Å²) in [5, 5.41) is 0.581. The highest BCUT2D eigenvalue weighted by atomic mass is 35.5. The molecule has 1 aromatic carbocycles. The van der Waals surface area contributed by atoms with Gasteiger partial charge in [0.1, 0.15) is 19.0 Å². The fourth-order valence-corrected chi connectivity index (χ4v) is 1.45. The molecule has 0 aromatic heterocycles. The fourth-order valence-electron chi connectivity index (χ4n) is 1.32. The molecule has 0 aliphatic rings. The highest BCUT2D eigenvalue weighted by Crippen LogP contribution is 2.16. The number of rotatable bonds is 8. The van der Waals surface area contributed by atoms with E-state index in [0.29, 0.717) is 10.8 Å². The van der Waals surface area contributed by atoms with Gasteiger partial charge in [-0.3, -0.25) is 0 Å².